The first kappa shape index (κ1) is 14.8. The Morgan fingerprint density at radius 2 is 1.94 bits per heavy atom. The molecule has 2 rings (SSSR count). The molecule has 88 valence electrons. The van der Waals surface area contributed by atoms with E-state index in [1.807, 2.05) is 0 Å². The minimum absolute atomic E-state index is 0. The van der Waals surface area contributed by atoms with E-state index in [-0.39, 0.29) is 30.9 Å². The number of carbonyl (C=O) groups is 2. The molecular formula is C12H8ClLiO4. The minimum Gasteiger partial charge on any atom is -0.872 e. The van der Waals surface area contributed by atoms with Gasteiger partial charge in [-0.1, -0.05) is 23.4 Å². The second-order valence-corrected chi connectivity index (χ2v) is 4.18. The van der Waals surface area contributed by atoms with Crippen molar-refractivity contribution in [3.8, 4) is 0 Å². The number of carboxylic acids is 1. The van der Waals surface area contributed by atoms with Crippen molar-refractivity contribution in [2.24, 2.45) is 0 Å². The molecule has 0 fully saturated rings. The SMILES string of the molecule is O=C(O)C(=O)C1=C([O-])c2ccc(Cl)cc2CC1.[Li+]. The summed E-state index contributed by atoms with van der Waals surface area (Å²) in [6.07, 6.45) is 0.604. The van der Waals surface area contributed by atoms with Gasteiger partial charge in [0.25, 0.3) is 5.78 Å². The molecular weight excluding hydrogens is 251 g/mol. The smallest absolute Gasteiger partial charge is 0.872 e. The summed E-state index contributed by atoms with van der Waals surface area (Å²) in [6, 6.07) is 4.73. The molecule has 0 aliphatic heterocycles. The maximum absolute atomic E-state index is 11.9. The molecule has 0 saturated carbocycles. The van der Waals surface area contributed by atoms with E-state index in [4.69, 9.17) is 16.7 Å². The monoisotopic (exact) mass is 258 g/mol. The van der Waals surface area contributed by atoms with Crippen LogP contribution in [0.4, 0.5) is 0 Å². The number of hydrogen-bond donors (Lipinski definition) is 1. The van der Waals surface area contributed by atoms with Gasteiger partial charge in [0.05, 0.1) is 0 Å². The molecule has 0 atom stereocenters. The van der Waals surface area contributed by atoms with Crippen LogP contribution in [0, 0.1) is 0 Å². The zero-order valence-electron chi connectivity index (χ0n) is 9.70. The number of carbonyl (C=O) groups excluding carboxylic acids is 1. The number of Topliss-reactive ketones (excluding diaryl/α,β-unsaturated/α-hetero) is 1. The van der Waals surface area contributed by atoms with Crippen LogP contribution in [-0.2, 0) is 16.0 Å². The van der Waals surface area contributed by atoms with Crippen molar-refractivity contribution in [3.63, 3.8) is 0 Å². The van der Waals surface area contributed by atoms with Crippen molar-refractivity contribution >= 4 is 29.1 Å². The van der Waals surface area contributed by atoms with Gasteiger partial charge in [0.1, 0.15) is 0 Å². The molecule has 1 aliphatic rings. The van der Waals surface area contributed by atoms with Crippen LogP contribution >= 0.6 is 11.6 Å². The van der Waals surface area contributed by atoms with Gasteiger partial charge in [0.2, 0.25) is 0 Å². The van der Waals surface area contributed by atoms with Gasteiger partial charge in [-0.25, -0.2) is 4.79 Å². The number of ketones is 1. The van der Waals surface area contributed by atoms with Crippen molar-refractivity contribution in [3.05, 3.63) is 39.9 Å². The third-order valence-electron chi connectivity index (χ3n) is 2.70. The van der Waals surface area contributed by atoms with E-state index in [0.29, 0.717) is 17.0 Å². The number of fused-ring (bicyclic) bond motifs is 1. The molecule has 0 bridgehead atoms. The van der Waals surface area contributed by atoms with Crippen LogP contribution < -0.4 is 24.0 Å². The molecule has 1 aliphatic carbocycles. The van der Waals surface area contributed by atoms with E-state index in [9.17, 15) is 14.7 Å². The van der Waals surface area contributed by atoms with Crippen molar-refractivity contribution in [1.29, 1.82) is 0 Å². The quantitative estimate of drug-likeness (QED) is 0.492. The molecule has 0 heterocycles. The number of aliphatic carboxylic acids is 1. The first-order valence-corrected chi connectivity index (χ1v) is 5.35. The first-order chi connectivity index (χ1) is 8.00. The summed E-state index contributed by atoms with van der Waals surface area (Å²) in [5, 5.41) is 21.0. The fourth-order valence-electron chi connectivity index (χ4n) is 1.87. The number of halogens is 1. The average Bonchev–Trinajstić information content (AvgIpc) is 2.28. The molecule has 0 saturated heterocycles. The fourth-order valence-corrected chi connectivity index (χ4v) is 2.07. The van der Waals surface area contributed by atoms with Gasteiger partial charge in [-0.2, -0.15) is 0 Å². The van der Waals surface area contributed by atoms with Crippen molar-refractivity contribution in [2.45, 2.75) is 12.8 Å². The van der Waals surface area contributed by atoms with Crippen molar-refractivity contribution in [1.82, 2.24) is 0 Å². The van der Waals surface area contributed by atoms with Gasteiger partial charge in [-0.3, -0.25) is 4.79 Å². The number of carboxylic acid groups (broad SMARTS) is 1. The topological polar surface area (TPSA) is 77.4 Å². The molecule has 0 spiro atoms. The van der Waals surface area contributed by atoms with E-state index in [2.05, 4.69) is 0 Å². The second-order valence-electron chi connectivity index (χ2n) is 3.74. The van der Waals surface area contributed by atoms with Crippen molar-refractivity contribution in [2.75, 3.05) is 0 Å². The van der Waals surface area contributed by atoms with E-state index in [1.54, 1.807) is 12.1 Å². The Morgan fingerprint density at radius 1 is 1.28 bits per heavy atom. The van der Waals surface area contributed by atoms with Gasteiger partial charge < -0.3 is 10.2 Å². The predicted octanol–water partition coefficient (Wildman–Crippen LogP) is -1.98. The maximum Gasteiger partial charge on any atom is 1.00 e. The third kappa shape index (κ3) is 2.61. The van der Waals surface area contributed by atoms with E-state index in [1.165, 1.54) is 6.07 Å². The summed E-state index contributed by atoms with van der Waals surface area (Å²) < 4.78 is 0. The fraction of sp³-hybridized carbons (Fsp3) is 0.167. The number of rotatable bonds is 2. The van der Waals surface area contributed by atoms with Crippen molar-refractivity contribution < 1.29 is 38.7 Å². The molecule has 6 heteroatoms. The van der Waals surface area contributed by atoms with E-state index >= 15 is 0 Å². The van der Waals surface area contributed by atoms with Gasteiger partial charge in [-0.15, -0.1) is 0 Å². The summed E-state index contributed by atoms with van der Waals surface area (Å²) in [6.45, 7) is 0. The standard InChI is InChI=1S/C12H9ClO4.Li/c13-7-2-4-8-6(5-7)1-3-9(10(8)14)11(15)12(16)17;/h2,4-5,14H,1,3H2,(H,16,17);/q;+1/p-1. The zero-order chi connectivity index (χ0) is 12.6. The third-order valence-corrected chi connectivity index (χ3v) is 2.93. The Hall–Kier alpha value is -1.21. The zero-order valence-corrected chi connectivity index (χ0v) is 10.5. The second kappa shape index (κ2) is 5.62. The Labute approximate surface area is 120 Å². The van der Waals surface area contributed by atoms with Crippen LogP contribution in [0.2, 0.25) is 5.02 Å². The number of benzene rings is 1. The summed E-state index contributed by atoms with van der Waals surface area (Å²) in [5.74, 6) is -3.21. The van der Waals surface area contributed by atoms with Crippen LogP contribution in [0.3, 0.4) is 0 Å². The Bertz CT molecular complexity index is 551. The molecule has 0 radical (unpaired) electrons. The summed E-state index contributed by atoms with van der Waals surface area (Å²) in [4.78, 5) is 21.9. The van der Waals surface area contributed by atoms with Crippen LogP contribution in [-0.4, -0.2) is 16.9 Å². The first-order valence-electron chi connectivity index (χ1n) is 4.97. The normalized spacial score (nSPS) is 13.6. The predicted molar refractivity (Wildman–Crippen MR) is 59.3 cm³/mol. The molecule has 1 aromatic carbocycles. The Balaban J connectivity index is 0.00000162. The Morgan fingerprint density at radius 3 is 2.56 bits per heavy atom. The van der Waals surface area contributed by atoms with Gasteiger partial charge in [0.15, 0.2) is 0 Å². The van der Waals surface area contributed by atoms with Gasteiger partial charge in [-0.05, 0) is 36.1 Å². The van der Waals surface area contributed by atoms with E-state index in [0.717, 1.165) is 5.56 Å². The summed E-state index contributed by atoms with van der Waals surface area (Å²) in [7, 11) is 0. The van der Waals surface area contributed by atoms with E-state index < -0.39 is 17.5 Å². The molecule has 1 N–H and O–H groups in total. The van der Waals surface area contributed by atoms with Gasteiger partial charge in [0, 0.05) is 10.6 Å². The summed E-state index contributed by atoms with van der Waals surface area (Å²) >= 11 is 5.79. The average molecular weight is 259 g/mol. The van der Waals surface area contributed by atoms with Gasteiger partial charge >= 0.3 is 24.8 Å². The number of aryl methyl sites for hydroxylation is 1. The molecule has 4 nitrogen and oxygen atoms in total. The van der Waals surface area contributed by atoms with Crippen LogP contribution in [0.15, 0.2) is 23.8 Å². The molecule has 18 heavy (non-hydrogen) atoms. The van der Waals surface area contributed by atoms with Crippen LogP contribution in [0.5, 0.6) is 0 Å². The molecule has 0 unspecified atom stereocenters. The number of hydrogen-bond acceptors (Lipinski definition) is 3. The van der Waals surface area contributed by atoms with Crippen LogP contribution in [0.25, 0.3) is 5.76 Å². The summed E-state index contributed by atoms with van der Waals surface area (Å²) in [5.41, 5.74) is 0.960. The molecule has 1 aromatic rings. The molecule has 0 aromatic heterocycles. The molecule has 0 amide bonds. The minimum atomic E-state index is -1.59. The largest absolute Gasteiger partial charge is 1.00 e. The Kier molecular flexibility index (Phi) is 4.63. The van der Waals surface area contributed by atoms with Crippen LogP contribution in [0.1, 0.15) is 17.5 Å². The maximum atomic E-state index is 11.9.